The quantitative estimate of drug-likeness (QED) is 0.352. The maximum absolute atomic E-state index is 5.30. The molecule has 3 N–H and O–H groups in total. The molecule has 0 fully saturated rings. The van der Waals surface area contributed by atoms with Gasteiger partial charge in [-0.1, -0.05) is 13.8 Å². The van der Waals surface area contributed by atoms with Crippen LogP contribution in [0, 0.1) is 0 Å². The van der Waals surface area contributed by atoms with Gasteiger partial charge in [-0.25, -0.2) is 0 Å². The van der Waals surface area contributed by atoms with Crippen molar-refractivity contribution in [2.24, 2.45) is 5.84 Å². The smallest absolute Gasteiger partial charge is 0.0298 e. The zero-order valence-electron chi connectivity index (χ0n) is 6.89. The van der Waals surface area contributed by atoms with Crippen molar-refractivity contribution < 1.29 is 0 Å². The van der Waals surface area contributed by atoms with Crippen LogP contribution >= 0.6 is 11.8 Å². The number of thioether (sulfide) groups is 1. The van der Waals surface area contributed by atoms with Gasteiger partial charge in [0.1, 0.15) is 0 Å². The predicted octanol–water partition coefficient (Wildman–Crippen LogP) is 1.37. The summed E-state index contributed by atoms with van der Waals surface area (Å²) in [5.41, 5.74) is 2.79. The first-order valence-electron chi connectivity index (χ1n) is 3.89. The van der Waals surface area contributed by atoms with Crippen LogP contribution in [0.15, 0.2) is 0 Å². The predicted molar refractivity (Wildman–Crippen MR) is 49.0 cm³/mol. The average Bonchev–Trinajstić information content (AvgIpc) is 1.99. The summed E-state index contributed by atoms with van der Waals surface area (Å²) in [5, 5.41) is 0. The van der Waals surface area contributed by atoms with Crippen molar-refractivity contribution in [3.05, 3.63) is 0 Å². The third kappa shape index (κ3) is 5.09. The largest absolute Gasteiger partial charge is 0.271 e. The molecule has 0 saturated carbocycles. The third-order valence-electron chi connectivity index (χ3n) is 1.40. The van der Waals surface area contributed by atoms with Crippen LogP contribution in [0.3, 0.4) is 0 Å². The third-order valence-corrected chi connectivity index (χ3v) is 2.73. The van der Waals surface area contributed by atoms with Crippen molar-refractivity contribution in [1.82, 2.24) is 5.43 Å². The molecule has 0 aliphatic heterocycles. The Morgan fingerprint density at radius 1 is 1.50 bits per heavy atom. The number of rotatable bonds is 6. The molecule has 0 radical (unpaired) electrons. The Kier molecular flexibility index (Phi) is 7.58. The standard InChI is InChI=1S/C7H18N2S/c1-3-5-10-6-7(4-2)9-8/h7,9H,3-6,8H2,1-2H3. The van der Waals surface area contributed by atoms with Gasteiger partial charge in [0.25, 0.3) is 0 Å². The molecule has 0 amide bonds. The summed E-state index contributed by atoms with van der Waals surface area (Å²) in [7, 11) is 0. The maximum Gasteiger partial charge on any atom is 0.0298 e. The highest BCUT2D eigenvalue weighted by Gasteiger charge is 2.00. The van der Waals surface area contributed by atoms with Crippen LogP contribution in [-0.2, 0) is 0 Å². The summed E-state index contributed by atoms with van der Waals surface area (Å²) in [5.74, 6) is 7.69. The van der Waals surface area contributed by atoms with Crippen LogP contribution in [0.25, 0.3) is 0 Å². The van der Waals surface area contributed by atoms with Crippen molar-refractivity contribution in [2.45, 2.75) is 32.7 Å². The molecule has 0 aromatic carbocycles. The van der Waals surface area contributed by atoms with Crippen molar-refractivity contribution in [3.8, 4) is 0 Å². The molecule has 0 spiro atoms. The zero-order valence-corrected chi connectivity index (χ0v) is 7.71. The molecule has 1 atom stereocenters. The van der Waals surface area contributed by atoms with Gasteiger partial charge in [-0.15, -0.1) is 0 Å². The summed E-state index contributed by atoms with van der Waals surface area (Å²) in [6.07, 6.45) is 2.37. The number of hydrogen-bond donors (Lipinski definition) is 2. The second kappa shape index (κ2) is 7.38. The average molecular weight is 162 g/mol. The molecule has 0 saturated heterocycles. The molecule has 0 aliphatic rings. The van der Waals surface area contributed by atoms with Gasteiger partial charge in [-0.2, -0.15) is 11.8 Å². The highest BCUT2D eigenvalue weighted by atomic mass is 32.2. The van der Waals surface area contributed by atoms with E-state index >= 15 is 0 Å². The molecule has 0 aromatic rings. The van der Waals surface area contributed by atoms with Gasteiger partial charge in [0.2, 0.25) is 0 Å². The van der Waals surface area contributed by atoms with Gasteiger partial charge in [0, 0.05) is 11.8 Å². The summed E-state index contributed by atoms with van der Waals surface area (Å²) >= 11 is 1.97. The van der Waals surface area contributed by atoms with E-state index in [2.05, 4.69) is 19.3 Å². The van der Waals surface area contributed by atoms with E-state index in [1.165, 1.54) is 12.2 Å². The van der Waals surface area contributed by atoms with Crippen LogP contribution < -0.4 is 11.3 Å². The van der Waals surface area contributed by atoms with Crippen molar-refractivity contribution >= 4 is 11.8 Å². The van der Waals surface area contributed by atoms with Crippen LogP contribution in [-0.4, -0.2) is 17.5 Å². The Hall–Kier alpha value is 0.270. The molecule has 0 rings (SSSR count). The fourth-order valence-corrected chi connectivity index (χ4v) is 1.73. The maximum atomic E-state index is 5.30. The molecular formula is C7H18N2S. The minimum absolute atomic E-state index is 0.497. The Morgan fingerprint density at radius 3 is 2.60 bits per heavy atom. The second-order valence-corrected chi connectivity index (χ2v) is 3.50. The normalized spacial score (nSPS) is 13.5. The fourth-order valence-electron chi connectivity index (χ4n) is 0.654. The molecule has 3 heteroatoms. The number of nitrogens with one attached hydrogen (secondary N) is 1. The molecule has 0 heterocycles. The number of hydrazine groups is 1. The fraction of sp³-hybridized carbons (Fsp3) is 1.00. The minimum atomic E-state index is 0.497. The zero-order chi connectivity index (χ0) is 7.82. The molecule has 62 valence electrons. The lowest BCUT2D eigenvalue weighted by Crippen LogP contribution is -2.36. The number of nitrogens with two attached hydrogens (primary N) is 1. The summed E-state index contributed by atoms with van der Waals surface area (Å²) in [4.78, 5) is 0. The first-order valence-corrected chi connectivity index (χ1v) is 5.04. The Labute approximate surface area is 67.9 Å². The molecule has 1 unspecified atom stereocenters. The Balaban J connectivity index is 3.09. The minimum Gasteiger partial charge on any atom is -0.271 e. The van der Waals surface area contributed by atoms with E-state index in [0.717, 1.165) is 12.2 Å². The van der Waals surface area contributed by atoms with Crippen molar-refractivity contribution in [3.63, 3.8) is 0 Å². The van der Waals surface area contributed by atoms with E-state index in [1.54, 1.807) is 0 Å². The van der Waals surface area contributed by atoms with Gasteiger partial charge < -0.3 is 0 Å². The van der Waals surface area contributed by atoms with Crippen LogP contribution in [0.5, 0.6) is 0 Å². The van der Waals surface area contributed by atoms with Gasteiger partial charge in [0.05, 0.1) is 0 Å². The van der Waals surface area contributed by atoms with E-state index < -0.39 is 0 Å². The lowest BCUT2D eigenvalue weighted by Gasteiger charge is -2.11. The molecule has 0 aromatic heterocycles. The Bertz CT molecular complexity index is 64.6. The highest BCUT2D eigenvalue weighted by Crippen LogP contribution is 2.05. The van der Waals surface area contributed by atoms with E-state index in [1.807, 2.05) is 11.8 Å². The van der Waals surface area contributed by atoms with Crippen molar-refractivity contribution in [1.29, 1.82) is 0 Å². The lowest BCUT2D eigenvalue weighted by atomic mass is 10.3. The van der Waals surface area contributed by atoms with Crippen LogP contribution in [0.2, 0.25) is 0 Å². The molecule has 0 bridgehead atoms. The molecule has 0 aliphatic carbocycles. The van der Waals surface area contributed by atoms with Gasteiger partial charge >= 0.3 is 0 Å². The first kappa shape index (κ1) is 10.3. The van der Waals surface area contributed by atoms with E-state index in [0.29, 0.717) is 6.04 Å². The lowest BCUT2D eigenvalue weighted by molar-refractivity contribution is 0.562. The van der Waals surface area contributed by atoms with E-state index in [4.69, 9.17) is 5.84 Å². The van der Waals surface area contributed by atoms with Crippen molar-refractivity contribution in [2.75, 3.05) is 11.5 Å². The molecule has 2 nitrogen and oxygen atoms in total. The summed E-state index contributed by atoms with van der Waals surface area (Å²) in [6.45, 7) is 4.35. The first-order chi connectivity index (χ1) is 4.85. The SMILES string of the molecule is CCCSCC(CC)NN. The van der Waals surface area contributed by atoms with Gasteiger partial charge in [-0.3, -0.25) is 11.3 Å². The van der Waals surface area contributed by atoms with E-state index in [-0.39, 0.29) is 0 Å². The molecular weight excluding hydrogens is 144 g/mol. The summed E-state index contributed by atoms with van der Waals surface area (Å²) < 4.78 is 0. The number of hydrogen-bond acceptors (Lipinski definition) is 3. The highest BCUT2D eigenvalue weighted by molar-refractivity contribution is 7.99. The van der Waals surface area contributed by atoms with Gasteiger partial charge in [0.15, 0.2) is 0 Å². The van der Waals surface area contributed by atoms with Crippen LogP contribution in [0.4, 0.5) is 0 Å². The Morgan fingerprint density at radius 2 is 2.20 bits per heavy atom. The monoisotopic (exact) mass is 162 g/mol. The topological polar surface area (TPSA) is 38.0 Å². The second-order valence-electron chi connectivity index (χ2n) is 2.35. The van der Waals surface area contributed by atoms with E-state index in [9.17, 15) is 0 Å². The van der Waals surface area contributed by atoms with Crippen LogP contribution in [0.1, 0.15) is 26.7 Å². The van der Waals surface area contributed by atoms with Gasteiger partial charge in [-0.05, 0) is 18.6 Å². The molecule has 10 heavy (non-hydrogen) atoms. The summed E-state index contributed by atoms with van der Waals surface area (Å²) in [6, 6.07) is 0.497.